The summed E-state index contributed by atoms with van der Waals surface area (Å²) in [7, 11) is 0. The van der Waals surface area contributed by atoms with E-state index in [1.165, 1.54) is 12.8 Å². The van der Waals surface area contributed by atoms with Gasteiger partial charge in [-0.3, -0.25) is 9.58 Å². The Morgan fingerprint density at radius 1 is 1.11 bits per heavy atom. The maximum atomic E-state index is 11.8. The van der Waals surface area contributed by atoms with Crippen molar-refractivity contribution >= 4 is 34.3 Å². The van der Waals surface area contributed by atoms with Gasteiger partial charge in [-0.15, -0.1) is 0 Å². The first-order valence-corrected chi connectivity index (χ1v) is 9.95. The molecule has 3 fully saturated rings. The summed E-state index contributed by atoms with van der Waals surface area (Å²) in [6.45, 7) is 2.52. The van der Waals surface area contributed by atoms with E-state index in [4.69, 9.17) is 16.3 Å². The van der Waals surface area contributed by atoms with Crippen LogP contribution in [0.3, 0.4) is 0 Å². The van der Waals surface area contributed by atoms with E-state index < -0.39 is 0 Å². The van der Waals surface area contributed by atoms with E-state index in [9.17, 15) is 4.79 Å². The third-order valence-corrected chi connectivity index (χ3v) is 6.15. The lowest BCUT2D eigenvalue weighted by Crippen LogP contribution is -2.52. The second-order valence-corrected chi connectivity index (χ2v) is 8.11. The number of carbonyl (C=O) groups is 1. The lowest BCUT2D eigenvalue weighted by Gasteiger charge is -2.37. The molecule has 0 radical (unpaired) electrons. The average Bonchev–Trinajstić information content (AvgIpc) is 3.12. The van der Waals surface area contributed by atoms with Crippen molar-refractivity contribution in [3.05, 3.63) is 35.7 Å². The van der Waals surface area contributed by atoms with Crippen LogP contribution < -0.4 is 4.90 Å². The monoisotopic (exact) mass is 398 g/mol. The van der Waals surface area contributed by atoms with Crippen LogP contribution in [0.4, 0.5) is 10.5 Å². The molecule has 2 aliphatic heterocycles. The Morgan fingerprint density at radius 2 is 2.00 bits per heavy atom. The fraction of sp³-hybridized carbons (Fsp3) is 0.421. The van der Waals surface area contributed by atoms with Crippen LogP contribution in [-0.2, 0) is 4.74 Å². The number of ether oxygens (including phenoxy) is 1. The lowest BCUT2D eigenvalue weighted by atomic mass is 10.1. The van der Waals surface area contributed by atoms with Gasteiger partial charge >= 0.3 is 6.09 Å². The molecule has 1 aromatic carbocycles. The molecule has 8 nitrogen and oxygen atoms in total. The maximum absolute atomic E-state index is 11.8. The predicted molar refractivity (Wildman–Crippen MR) is 104 cm³/mol. The number of aromatic nitrogens is 4. The zero-order valence-corrected chi connectivity index (χ0v) is 15.9. The van der Waals surface area contributed by atoms with Crippen molar-refractivity contribution in [2.75, 3.05) is 31.1 Å². The number of hydrogen-bond acceptors (Lipinski definition) is 5. The zero-order valence-electron chi connectivity index (χ0n) is 15.2. The highest BCUT2D eigenvalue weighted by molar-refractivity contribution is 6.34. The summed E-state index contributed by atoms with van der Waals surface area (Å²) >= 11 is 6.61. The molecule has 4 heterocycles. The van der Waals surface area contributed by atoms with Crippen LogP contribution in [0.1, 0.15) is 18.9 Å². The number of piperazine rings is 1. The van der Waals surface area contributed by atoms with E-state index in [2.05, 4.69) is 27.4 Å². The Kier molecular flexibility index (Phi) is 3.41. The molecular weight excluding hydrogens is 380 g/mol. The molecule has 3 aromatic rings. The van der Waals surface area contributed by atoms with Crippen molar-refractivity contribution in [2.24, 2.45) is 0 Å². The van der Waals surface area contributed by atoms with Crippen molar-refractivity contribution in [1.29, 1.82) is 0 Å². The van der Waals surface area contributed by atoms with Gasteiger partial charge in [-0.25, -0.2) is 9.48 Å². The molecule has 0 bridgehead atoms. The Labute approximate surface area is 166 Å². The van der Waals surface area contributed by atoms with Crippen molar-refractivity contribution < 1.29 is 9.53 Å². The third-order valence-electron chi connectivity index (χ3n) is 5.85. The van der Waals surface area contributed by atoms with Crippen LogP contribution in [-0.4, -0.2) is 62.8 Å². The molecule has 9 heteroatoms. The summed E-state index contributed by atoms with van der Waals surface area (Å²) < 4.78 is 9.12. The van der Waals surface area contributed by atoms with Gasteiger partial charge in [-0.2, -0.15) is 10.2 Å². The van der Waals surface area contributed by atoms with E-state index in [1.54, 1.807) is 4.90 Å². The number of hydrogen-bond donors (Lipinski definition) is 0. The SMILES string of the molecule is O=C1OC[C@H]2CN(c3cc4c(cnn4-c4cnn(C5CC5)c4)cc3Cl)CCN12. The molecule has 28 heavy (non-hydrogen) atoms. The minimum Gasteiger partial charge on any atom is -0.447 e. The van der Waals surface area contributed by atoms with Crippen LogP contribution in [0.2, 0.25) is 5.02 Å². The van der Waals surface area contributed by atoms with Crippen LogP contribution in [0.25, 0.3) is 16.6 Å². The normalized spacial score (nSPS) is 22.0. The van der Waals surface area contributed by atoms with Crippen LogP contribution in [0, 0.1) is 0 Å². The minimum atomic E-state index is -0.211. The first kappa shape index (κ1) is 16.2. The summed E-state index contributed by atoms with van der Waals surface area (Å²) in [5.74, 6) is 0. The number of nitrogens with zero attached hydrogens (tertiary/aromatic N) is 6. The summed E-state index contributed by atoms with van der Waals surface area (Å²) in [6, 6.07) is 4.67. The molecule has 1 atom stereocenters. The van der Waals surface area contributed by atoms with Gasteiger partial charge in [-0.05, 0) is 25.0 Å². The molecule has 1 saturated carbocycles. The Morgan fingerprint density at radius 3 is 2.86 bits per heavy atom. The molecule has 1 amide bonds. The Balaban J connectivity index is 1.37. The molecule has 1 aliphatic carbocycles. The lowest BCUT2D eigenvalue weighted by molar-refractivity contribution is 0.157. The van der Waals surface area contributed by atoms with Gasteiger partial charge < -0.3 is 9.64 Å². The first-order valence-electron chi connectivity index (χ1n) is 9.57. The highest BCUT2D eigenvalue weighted by Crippen LogP contribution is 2.36. The standard InChI is InChI=1S/C19H19ClN6O2/c20-16-5-12-7-22-26(14-8-21-25(10-14)13-1-2-13)17(12)6-18(16)23-3-4-24-15(9-23)11-28-19(24)27/h5-8,10,13,15H,1-4,9,11H2/t15-/m1/s1. The topological polar surface area (TPSA) is 68.4 Å². The van der Waals surface area contributed by atoms with E-state index in [0.717, 1.165) is 28.8 Å². The van der Waals surface area contributed by atoms with E-state index >= 15 is 0 Å². The highest BCUT2D eigenvalue weighted by Gasteiger charge is 2.38. The molecular formula is C19H19ClN6O2. The van der Waals surface area contributed by atoms with Crippen LogP contribution in [0.5, 0.6) is 0 Å². The number of rotatable bonds is 3. The zero-order chi connectivity index (χ0) is 18.8. The molecule has 0 spiro atoms. The second-order valence-electron chi connectivity index (χ2n) is 7.70. The van der Waals surface area contributed by atoms with Crippen molar-refractivity contribution in [3.63, 3.8) is 0 Å². The number of cyclic esters (lactones) is 1. The van der Waals surface area contributed by atoms with E-state index in [1.807, 2.05) is 27.8 Å². The van der Waals surface area contributed by atoms with Crippen molar-refractivity contribution in [2.45, 2.75) is 24.9 Å². The quantitative estimate of drug-likeness (QED) is 0.678. The predicted octanol–water partition coefficient (Wildman–Crippen LogP) is 2.85. The third kappa shape index (κ3) is 2.47. The highest BCUT2D eigenvalue weighted by atomic mass is 35.5. The van der Waals surface area contributed by atoms with Gasteiger partial charge in [0.05, 0.1) is 46.9 Å². The first-order chi connectivity index (χ1) is 13.7. The molecule has 0 unspecified atom stereocenters. The molecule has 2 saturated heterocycles. The number of benzene rings is 1. The number of carbonyl (C=O) groups excluding carboxylic acids is 1. The van der Waals surface area contributed by atoms with E-state index in [-0.39, 0.29) is 12.1 Å². The largest absolute Gasteiger partial charge is 0.447 e. The number of anilines is 1. The van der Waals surface area contributed by atoms with Gasteiger partial charge in [0.25, 0.3) is 0 Å². The Bertz CT molecular complexity index is 1090. The van der Waals surface area contributed by atoms with Gasteiger partial charge in [0.2, 0.25) is 0 Å². The van der Waals surface area contributed by atoms with Gasteiger partial charge in [0, 0.05) is 25.0 Å². The van der Waals surface area contributed by atoms with E-state index in [0.29, 0.717) is 30.8 Å². The molecule has 3 aliphatic rings. The van der Waals surface area contributed by atoms with Gasteiger partial charge in [0.1, 0.15) is 12.3 Å². The summed E-state index contributed by atoms with van der Waals surface area (Å²) in [6.07, 6.45) is 7.93. The minimum absolute atomic E-state index is 0.0784. The molecule has 0 N–H and O–H groups in total. The average molecular weight is 399 g/mol. The summed E-state index contributed by atoms with van der Waals surface area (Å²) in [5.41, 5.74) is 2.91. The van der Waals surface area contributed by atoms with Crippen LogP contribution in [0.15, 0.2) is 30.7 Å². The van der Waals surface area contributed by atoms with Gasteiger partial charge in [0.15, 0.2) is 0 Å². The summed E-state index contributed by atoms with van der Waals surface area (Å²) in [5, 5.41) is 10.7. The maximum Gasteiger partial charge on any atom is 0.410 e. The molecule has 2 aromatic heterocycles. The molecule has 6 rings (SSSR count). The fourth-order valence-corrected chi connectivity index (χ4v) is 4.46. The Hall–Kier alpha value is -2.74. The molecule has 144 valence electrons. The fourth-order valence-electron chi connectivity index (χ4n) is 4.17. The number of halogens is 1. The van der Waals surface area contributed by atoms with Crippen LogP contribution >= 0.6 is 11.6 Å². The number of amides is 1. The smallest absolute Gasteiger partial charge is 0.410 e. The number of fused-ring (bicyclic) bond motifs is 2. The van der Waals surface area contributed by atoms with Crippen molar-refractivity contribution in [3.8, 4) is 5.69 Å². The summed E-state index contributed by atoms with van der Waals surface area (Å²) in [4.78, 5) is 15.8. The van der Waals surface area contributed by atoms with Crippen molar-refractivity contribution in [1.82, 2.24) is 24.5 Å². The van der Waals surface area contributed by atoms with Gasteiger partial charge in [-0.1, -0.05) is 11.6 Å². The second kappa shape index (κ2) is 5.88.